The van der Waals surface area contributed by atoms with Crippen LogP contribution in [0.15, 0.2) is 66.3 Å². The Bertz CT molecular complexity index is 637. The molecule has 100 valence electrons. The van der Waals surface area contributed by atoms with E-state index in [2.05, 4.69) is 6.58 Å². The van der Waals surface area contributed by atoms with E-state index in [0.717, 1.165) is 0 Å². The highest BCUT2D eigenvalue weighted by Gasteiger charge is 2.02. The van der Waals surface area contributed by atoms with Crippen molar-refractivity contribution in [3.63, 3.8) is 0 Å². The summed E-state index contributed by atoms with van der Waals surface area (Å²) in [6.07, 6.45) is 5.62. The lowest BCUT2D eigenvalue weighted by molar-refractivity contribution is -0.567. The lowest BCUT2D eigenvalue weighted by atomic mass is 10.2. The highest BCUT2D eigenvalue weighted by atomic mass is 32.2. The molecular weight excluding hydrogens is 262 g/mol. The Morgan fingerprint density at radius 2 is 1.68 bits per heavy atom. The third-order valence-electron chi connectivity index (χ3n) is 2.31. The van der Waals surface area contributed by atoms with E-state index in [1.54, 1.807) is 25.3 Å². The average Bonchev–Trinajstić information content (AvgIpc) is 2.39. The van der Waals surface area contributed by atoms with Gasteiger partial charge in [-0.15, -0.1) is 0 Å². The van der Waals surface area contributed by atoms with Gasteiger partial charge in [0.1, 0.15) is 10.1 Å². The summed E-state index contributed by atoms with van der Waals surface area (Å²) in [4.78, 5) is -0.139. The van der Waals surface area contributed by atoms with Crippen molar-refractivity contribution in [1.82, 2.24) is 0 Å². The molecule has 2 aromatic rings. The summed E-state index contributed by atoms with van der Waals surface area (Å²) < 4.78 is 33.4. The predicted octanol–water partition coefficient (Wildman–Crippen LogP) is 1.97. The summed E-state index contributed by atoms with van der Waals surface area (Å²) in [7, 11) is -4.28. The first kappa shape index (κ1) is 15.1. The van der Waals surface area contributed by atoms with Crippen LogP contribution in [-0.4, -0.2) is 13.0 Å². The molecule has 0 saturated heterocycles. The summed E-state index contributed by atoms with van der Waals surface area (Å²) in [5, 5.41) is 0. The molecule has 1 aromatic carbocycles. The van der Waals surface area contributed by atoms with Gasteiger partial charge in [0.15, 0.2) is 18.6 Å². The fraction of sp³-hybridized carbons (Fsp3) is 0.0714. The number of pyridine rings is 1. The number of rotatable bonds is 2. The summed E-state index contributed by atoms with van der Waals surface area (Å²) in [5.41, 5.74) is 0.488. The van der Waals surface area contributed by atoms with Crippen molar-refractivity contribution in [1.29, 1.82) is 0 Å². The Balaban J connectivity index is 0.000000200. The summed E-state index contributed by atoms with van der Waals surface area (Å²) in [6, 6.07) is 12.0. The van der Waals surface area contributed by atoms with Crippen LogP contribution in [0, 0.1) is 6.92 Å². The summed E-state index contributed by atoms with van der Waals surface area (Å²) in [5.74, 6) is 0. The third kappa shape index (κ3) is 5.03. The molecule has 1 aromatic heterocycles. The molecule has 0 aliphatic carbocycles. The van der Waals surface area contributed by atoms with Crippen LogP contribution in [0.1, 0.15) is 5.56 Å². The third-order valence-corrected chi connectivity index (χ3v) is 3.31. The first-order valence-electron chi connectivity index (χ1n) is 5.55. The van der Waals surface area contributed by atoms with E-state index in [-0.39, 0.29) is 4.90 Å². The molecule has 0 saturated carbocycles. The van der Waals surface area contributed by atoms with Crippen molar-refractivity contribution < 1.29 is 17.5 Å². The van der Waals surface area contributed by atoms with Crippen molar-refractivity contribution in [3.05, 3.63) is 67.0 Å². The SMILES string of the molecule is C=C[n+]1ccccc1.Cc1ccccc1S(=O)(=O)[O-]. The maximum absolute atomic E-state index is 10.5. The van der Waals surface area contributed by atoms with Crippen LogP contribution in [-0.2, 0) is 10.1 Å². The zero-order chi connectivity index (χ0) is 14.3. The molecule has 19 heavy (non-hydrogen) atoms. The normalized spacial score (nSPS) is 10.2. The molecule has 0 spiro atoms. The molecule has 5 heteroatoms. The van der Waals surface area contributed by atoms with E-state index in [1.165, 1.54) is 12.1 Å². The van der Waals surface area contributed by atoms with Gasteiger partial charge in [-0.1, -0.05) is 24.3 Å². The molecule has 0 amide bonds. The number of hydrogen-bond acceptors (Lipinski definition) is 3. The summed E-state index contributed by atoms with van der Waals surface area (Å²) >= 11 is 0. The minimum atomic E-state index is -4.28. The molecule has 0 aliphatic rings. The van der Waals surface area contributed by atoms with Crippen LogP contribution in [0.25, 0.3) is 6.20 Å². The number of aryl methyl sites for hydroxylation is 1. The van der Waals surface area contributed by atoms with E-state index < -0.39 is 10.1 Å². The second-order valence-electron chi connectivity index (χ2n) is 3.72. The van der Waals surface area contributed by atoms with Crippen molar-refractivity contribution in [2.45, 2.75) is 11.8 Å². The fourth-order valence-electron chi connectivity index (χ4n) is 1.37. The van der Waals surface area contributed by atoms with Crippen molar-refractivity contribution in [3.8, 4) is 0 Å². The topological polar surface area (TPSA) is 61.1 Å². The van der Waals surface area contributed by atoms with Crippen LogP contribution in [0.4, 0.5) is 0 Å². The van der Waals surface area contributed by atoms with Gasteiger partial charge in [-0.25, -0.2) is 8.42 Å². The van der Waals surface area contributed by atoms with Gasteiger partial charge in [0.25, 0.3) is 0 Å². The molecular formula is C14H15NO3S. The molecule has 0 bridgehead atoms. The lowest BCUT2D eigenvalue weighted by Gasteiger charge is -2.08. The second kappa shape index (κ2) is 6.82. The first-order chi connectivity index (χ1) is 8.95. The van der Waals surface area contributed by atoms with Crippen LogP contribution in [0.3, 0.4) is 0 Å². The Hall–Kier alpha value is -1.98. The number of aromatic nitrogens is 1. The minimum absolute atomic E-state index is 0.139. The highest BCUT2D eigenvalue weighted by molar-refractivity contribution is 7.85. The van der Waals surface area contributed by atoms with Crippen LogP contribution >= 0.6 is 0 Å². The molecule has 0 N–H and O–H groups in total. The van der Waals surface area contributed by atoms with E-state index in [9.17, 15) is 13.0 Å². The number of hydrogen-bond donors (Lipinski definition) is 0. The van der Waals surface area contributed by atoms with Crippen molar-refractivity contribution in [2.75, 3.05) is 0 Å². The van der Waals surface area contributed by atoms with Gasteiger partial charge >= 0.3 is 0 Å². The monoisotopic (exact) mass is 277 g/mol. The Morgan fingerprint density at radius 1 is 1.11 bits per heavy atom. The van der Waals surface area contributed by atoms with Gasteiger partial charge in [-0.3, -0.25) is 0 Å². The molecule has 1 heterocycles. The van der Waals surface area contributed by atoms with Crippen molar-refractivity contribution in [2.24, 2.45) is 0 Å². The van der Waals surface area contributed by atoms with E-state index in [1.807, 2.05) is 35.2 Å². The molecule has 0 atom stereocenters. The second-order valence-corrected chi connectivity index (χ2v) is 5.07. The van der Waals surface area contributed by atoms with Gasteiger partial charge in [-0.2, -0.15) is 4.57 Å². The molecule has 0 fully saturated rings. The predicted molar refractivity (Wildman–Crippen MR) is 72.2 cm³/mol. The summed E-state index contributed by atoms with van der Waals surface area (Å²) in [6.45, 7) is 5.18. The minimum Gasteiger partial charge on any atom is -0.744 e. The molecule has 0 unspecified atom stereocenters. The fourth-order valence-corrected chi connectivity index (χ4v) is 2.08. The standard InChI is InChI=1S/C7H8N.C7H8O3S/c1-2-8-6-4-3-5-7-8;1-6-4-2-3-5-7(6)11(8,9)10/h2-7H,1H2;2-5H,1H3,(H,8,9,10)/q+1;/p-1. The largest absolute Gasteiger partial charge is 0.744 e. The van der Waals surface area contributed by atoms with Crippen molar-refractivity contribution >= 4 is 16.3 Å². The van der Waals surface area contributed by atoms with Crippen LogP contribution in [0.5, 0.6) is 0 Å². The maximum atomic E-state index is 10.5. The Labute approximate surface area is 113 Å². The van der Waals surface area contributed by atoms with Gasteiger partial charge < -0.3 is 4.55 Å². The van der Waals surface area contributed by atoms with E-state index >= 15 is 0 Å². The molecule has 4 nitrogen and oxygen atoms in total. The average molecular weight is 277 g/mol. The van der Waals surface area contributed by atoms with Gasteiger partial charge in [-0.05, 0) is 25.1 Å². The highest BCUT2D eigenvalue weighted by Crippen LogP contribution is 2.12. The van der Waals surface area contributed by atoms with Gasteiger partial charge in [0, 0.05) is 12.1 Å². The molecule has 0 aliphatic heterocycles. The maximum Gasteiger partial charge on any atom is 0.174 e. The molecule has 2 rings (SSSR count). The number of benzene rings is 1. The zero-order valence-electron chi connectivity index (χ0n) is 10.6. The number of nitrogens with zero attached hydrogens (tertiary/aromatic N) is 1. The Kier molecular flexibility index (Phi) is 5.41. The van der Waals surface area contributed by atoms with E-state index in [0.29, 0.717) is 5.56 Å². The smallest absolute Gasteiger partial charge is 0.174 e. The first-order valence-corrected chi connectivity index (χ1v) is 6.96. The van der Waals surface area contributed by atoms with Gasteiger partial charge in [0.2, 0.25) is 0 Å². The van der Waals surface area contributed by atoms with Gasteiger partial charge in [0.05, 0.1) is 4.90 Å². The lowest BCUT2D eigenvalue weighted by Crippen LogP contribution is -2.22. The van der Waals surface area contributed by atoms with E-state index in [4.69, 9.17) is 0 Å². The Morgan fingerprint density at radius 3 is 2.05 bits per heavy atom. The van der Waals surface area contributed by atoms with Crippen LogP contribution < -0.4 is 4.57 Å². The molecule has 0 radical (unpaired) electrons. The zero-order valence-corrected chi connectivity index (χ0v) is 11.4. The quantitative estimate of drug-likeness (QED) is 0.623. The van der Waals surface area contributed by atoms with Crippen LogP contribution in [0.2, 0.25) is 0 Å².